The molecular weight excluding hydrogens is 172 g/mol. The molecule has 74 valence electrons. The molecule has 0 fully saturated rings. The fraction of sp³-hybridized carbons (Fsp3) is 0.556. The molecule has 0 bridgehead atoms. The molecule has 0 aromatic rings. The average molecular weight is 186 g/mol. The van der Waals surface area contributed by atoms with E-state index in [-0.39, 0.29) is 12.2 Å². The first-order valence-electron chi connectivity index (χ1n) is 3.98. The van der Waals surface area contributed by atoms with Crippen LogP contribution in [0, 0.1) is 5.92 Å². The quantitative estimate of drug-likeness (QED) is 0.484. The molecule has 4 nitrogen and oxygen atoms in total. The van der Waals surface area contributed by atoms with Gasteiger partial charge in [-0.15, -0.1) is 0 Å². The molecule has 0 aromatic heterocycles. The maximum atomic E-state index is 11.1. The molecule has 1 unspecified atom stereocenters. The van der Waals surface area contributed by atoms with Crippen molar-refractivity contribution in [2.45, 2.75) is 13.8 Å². The van der Waals surface area contributed by atoms with Gasteiger partial charge in [-0.1, -0.05) is 6.58 Å². The van der Waals surface area contributed by atoms with Crippen molar-refractivity contribution >= 4 is 11.9 Å². The molecule has 0 saturated carbocycles. The van der Waals surface area contributed by atoms with Gasteiger partial charge in [0.05, 0.1) is 19.6 Å². The van der Waals surface area contributed by atoms with Crippen molar-refractivity contribution in [1.29, 1.82) is 0 Å². The number of carbonyl (C=O) groups excluding carboxylic acids is 2. The van der Waals surface area contributed by atoms with Gasteiger partial charge in [0.15, 0.2) is 0 Å². The van der Waals surface area contributed by atoms with E-state index in [0.29, 0.717) is 0 Å². The second-order valence-electron chi connectivity index (χ2n) is 2.49. The Kier molecular flexibility index (Phi) is 4.80. The summed E-state index contributed by atoms with van der Waals surface area (Å²) in [6, 6.07) is 0. The van der Waals surface area contributed by atoms with Crippen LogP contribution < -0.4 is 0 Å². The molecule has 4 heteroatoms. The summed E-state index contributed by atoms with van der Waals surface area (Å²) >= 11 is 0. The molecule has 13 heavy (non-hydrogen) atoms. The monoisotopic (exact) mass is 186 g/mol. The van der Waals surface area contributed by atoms with Crippen molar-refractivity contribution in [3.05, 3.63) is 12.2 Å². The highest BCUT2D eigenvalue weighted by molar-refractivity contribution is 5.94. The Morgan fingerprint density at radius 2 is 2.00 bits per heavy atom. The molecule has 0 rings (SSSR count). The summed E-state index contributed by atoms with van der Waals surface area (Å²) in [6.07, 6.45) is 0. The largest absolute Gasteiger partial charge is 0.466 e. The van der Waals surface area contributed by atoms with Crippen LogP contribution >= 0.6 is 0 Å². The number of methoxy groups -OCH3 is 1. The molecule has 0 aliphatic carbocycles. The first-order chi connectivity index (χ1) is 6.04. The van der Waals surface area contributed by atoms with Crippen molar-refractivity contribution in [2.75, 3.05) is 13.7 Å². The highest BCUT2D eigenvalue weighted by Gasteiger charge is 2.22. The lowest BCUT2D eigenvalue weighted by atomic mass is 10.0. The molecule has 0 spiro atoms. The van der Waals surface area contributed by atoms with Gasteiger partial charge in [-0.2, -0.15) is 0 Å². The van der Waals surface area contributed by atoms with Gasteiger partial charge in [0, 0.05) is 5.57 Å². The minimum atomic E-state index is -0.646. The van der Waals surface area contributed by atoms with Crippen LogP contribution in [0.2, 0.25) is 0 Å². The van der Waals surface area contributed by atoms with Crippen LogP contribution in [0.15, 0.2) is 12.2 Å². The zero-order valence-corrected chi connectivity index (χ0v) is 8.12. The number of rotatable bonds is 4. The summed E-state index contributed by atoms with van der Waals surface area (Å²) < 4.78 is 9.13. The van der Waals surface area contributed by atoms with Gasteiger partial charge >= 0.3 is 11.9 Å². The van der Waals surface area contributed by atoms with Gasteiger partial charge in [-0.3, -0.25) is 4.79 Å². The molecule has 0 saturated heterocycles. The lowest BCUT2D eigenvalue weighted by Gasteiger charge is -2.10. The van der Waals surface area contributed by atoms with Gasteiger partial charge in [-0.25, -0.2) is 4.79 Å². The number of carbonyl (C=O) groups is 2. The maximum Gasteiger partial charge on any atom is 0.333 e. The zero-order valence-electron chi connectivity index (χ0n) is 8.12. The van der Waals surface area contributed by atoms with Crippen molar-refractivity contribution < 1.29 is 19.1 Å². The first kappa shape index (κ1) is 11.7. The lowest BCUT2D eigenvalue weighted by molar-refractivity contribution is -0.148. The van der Waals surface area contributed by atoms with Gasteiger partial charge in [0.2, 0.25) is 0 Å². The van der Waals surface area contributed by atoms with Crippen LogP contribution in [0.25, 0.3) is 0 Å². The predicted molar refractivity (Wildman–Crippen MR) is 47.0 cm³/mol. The topological polar surface area (TPSA) is 52.6 Å². The van der Waals surface area contributed by atoms with E-state index < -0.39 is 17.9 Å². The summed E-state index contributed by atoms with van der Waals surface area (Å²) in [7, 11) is 1.24. The van der Waals surface area contributed by atoms with E-state index in [4.69, 9.17) is 4.74 Å². The number of hydrogen-bond acceptors (Lipinski definition) is 4. The molecule has 0 heterocycles. The first-order valence-corrected chi connectivity index (χ1v) is 3.98. The molecule has 1 atom stereocenters. The smallest absolute Gasteiger partial charge is 0.333 e. The SMILES string of the molecule is C=C(C(=O)OC)C(C)C(=O)OCC. The Hall–Kier alpha value is -1.32. The summed E-state index contributed by atoms with van der Waals surface area (Å²) in [5.41, 5.74) is 0.112. The standard InChI is InChI=1S/C9H14O4/c1-5-13-9(11)7(3)6(2)8(10)12-4/h7H,2,5H2,1,3-4H3. The predicted octanol–water partition coefficient (Wildman–Crippen LogP) is 0.915. The van der Waals surface area contributed by atoms with Crippen LogP contribution in [-0.2, 0) is 19.1 Å². The van der Waals surface area contributed by atoms with E-state index in [1.54, 1.807) is 13.8 Å². The maximum absolute atomic E-state index is 11.1. The highest BCUT2D eigenvalue weighted by atomic mass is 16.5. The number of hydrogen-bond donors (Lipinski definition) is 0. The number of ether oxygens (including phenoxy) is 2. The van der Waals surface area contributed by atoms with Crippen LogP contribution in [0.1, 0.15) is 13.8 Å². The van der Waals surface area contributed by atoms with E-state index in [0.717, 1.165) is 0 Å². The Balaban J connectivity index is 4.25. The van der Waals surface area contributed by atoms with E-state index >= 15 is 0 Å². The molecule has 0 amide bonds. The third-order valence-electron chi connectivity index (χ3n) is 1.61. The van der Waals surface area contributed by atoms with Crippen molar-refractivity contribution in [3.63, 3.8) is 0 Å². The van der Waals surface area contributed by atoms with Crippen molar-refractivity contribution in [1.82, 2.24) is 0 Å². The minimum absolute atomic E-state index is 0.112. The Labute approximate surface area is 77.5 Å². The fourth-order valence-electron chi connectivity index (χ4n) is 0.717. The summed E-state index contributed by atoms with van der Waals surface area (Å²) in [5, 5.41) is 0. The summed E-state index contributed by atoms with van der Waals surface area (Å²) in [4.78, 5) is 22.0. The van der Waals surface area contributed by atoms with E-state index in [1.165, 1.54) is 7.11 Å². The van der Waals surface area contributed by atoms with Gasteiger partial charge in [-0.05, 0) is 13.8 Å². The third-order valence-corrected chi connectivity index (χ3v) is 1.61. The second kappa shape index (κ2) is 5.35. The molecule has 0 N–H and O–H groups in total. The normalized spacial score (nSPS) is 11.6. The fourth-order valence-corrected chi connectivity index (χ4v) is 0.717. The average Bonchev–Trinajstić information content (AvgIpc) is 2.14. The summed E-state index contributed by atoms with van der Waals surface area (Å²) in [6.45, 7) is 7.00. The molecule has 0 aromatic carbocycles. The van der Waals surface area contributed by atoms with Crippen LogP contribution in [-0.4, -0.2) is 25.7 Å². The van der Waals surface area contributed by atoms with Crippen LogP contribution in [0.3, 0.4) is 0 Å². The molecular formula is C9H14O4. The Bertz CT molecular complexity index is 220. The lowest BCUT2D eigenvalue weighted by Crippen LogP contribution is -2.21. The number of esters is 2. The zero-order chi connectivity index (χ0) is 10.4. The van der Waals surface area contributed by atoms with E-state index in [2.05, 4.69) is 11.3 Å². The molecule has 0 radical (unpaired) electrons. The van der Waals surface area contributed by atoms with Gasteiger partial charge < -0.3 is 9.47 Å². The highest BCUT2D eigenvalue weighted by Crippen LogP contribution is 2.11. The van der Waals surface area contributed by atoms with Crippen LogP contribution in [0.5, 0.6) is 0 Å². The summed E-state index contributed by atoms with van der Waals surface area (Å²) in [5.74, 6) is -1.69. The second-order valence-corrected chi connectivity index (χ2v) is 2.49. The van der Waals surface area contributed by atoms with Gasteiger partial charge in [0.1, 0.15) is 0 Å². The van der Waals surface area contributed by atoms with E-state index in [9.17, 15) is 9.59 Å². The molecule has 0 aliphatic heterocycles. The van der Waals surface area contributed by atoms with Crippen LogP contribution in [0.4, 0.5) is 0 Å². The van der Waals surface area contributed by atoms with Crippen molar-refractivity contribution in [2.24, 2.45) is 5.92 Å². The Morgan fingerprint density at radius 3 is 2.38 bits per heavy atom. The third kappa shape index (κ3) is 3.27. The van der Waals surface area contributed by atoms with Gasteiger partial charge in [0.25, 0.3) is 0 Å². The molecule has 0 aliphatic rings. The van der Waals surface area contributed by atoms with Crippen molar-refractivity contribution in [3.8, 4) is 0 Å². The minimum Gasteiger partial charge on any atom is -0.466 e. The van der Waals surface area contributed by atoms with E-state index in [1.807, 2.05) is 0 Å². The Morgan fingerprint density at radius 1 is 1.46 bits per heavy atom.